The van der Waals surface area contributed by atoms with Gasteiger partial charge in [-0.15, -0.1) is 0 Å². The van der Waals surface area contributed by atoms with Gasteiger partial charge in [0.25, 0.3) is 0 Å². The molecular formula is C17H13BrClFO. The molecule has 0 bridgehead atoms. The Morgan fingerprint density at radius 1 is 1.24 bits per heavy atom. The third-order valence-corrected chi connectivity index (χ3v) is 4.57. The van der Waals surface area contributed by atoms with Crippen molar-refractivity contribution in [3.8, 4) is 0 Å². The Morgan fingerprint density at radius 3 is 2.81 bits per heavy atom. The molecule has 0 N–H and O–H groups in total. The van der Waals surface area contributed by atoms with E-state index in [1.807, 2.05) is 25.1 Å². The second-order valence-electron chi connectivity index (χ2n) is 5.06. The molecule has 0 aliphatic carbocycles. The van der Waals surface area contributed by atoms with Gasteiger partial charge in [-0.3, -0.25) is 0 Å². The summed E-state index contributed by atoms with van der Waals surface area (Å²) in [4.78, 5) is -0.125. The Labute approximate surface area is 135 Å². The van der Waals surface area contributed by atoms with Gasteiger partial charge in [-0.25, -0.2) is 4.39 Å². The molecule has 3 aromatic rings. The first-order chi connectivity index (χ1) is 10.0. The van der Waals surface area contributed by atoms with Crippen molar-refractivity contribution in [1.82, 2.24) is 0 Å². The molecule has 1 heterocycles. The molecule has 0 amide bonds. The monoisotopic (exact) mass is 366 g/mol. The number of hydrogen-bond acceptors (Lipinski definition) is 1. The van der Waals surface area contributed by atoms with Crippen molar-refractivity contribution < 1.29 is 8.81 Å². The van der Waals surface area contributed by atoms with Crippen molar-refractivity contribution in [2.75, 3.05) is 0 Å². The summed E-state index contributed by atoms with van der Waals surface area (Å²) in [7, 11) is 0. The van der Waals surface area contributed by atoms with Gasteiger partial charge in [0.1, 0.15) is 17.2 Å². The predicted octanol–water partition coefficient (Wildman–Crippen LogP) is 6.21. The molecule has 108 valence electrons. The van der Waals surface area contributed by atoms with Gasteiger partial charge in [-0.05, 0) is 43.7 Å². The van der Waals surface area contributed by atoms with Crippen molar-refractivity contribution in [3.05, 3.63) is 70.2 Å². The van der Waals surface area contributed by atoms with E-state index in [4.69, 9.17) is 16.0 Å². The zero-order valence-corrected chi connectivity index (χ0v) is 13.7. The molecule has 0 aliphatic heterocycles. The fourth-order valence-electron chi connectivity index (χ4n) is 2.34. The van der Waals surface area contributed by atoms with E-state index >= 15 is 0 Å². The smallest absolute Gasteiger partial charge is 0.134 e. The summed E-state index contributed by atoms with van der Waals surface area (Å²) in [5.74, 6) is 0.480. The molecule has 1 nitrogen and oxygen atoms in total. The van der Waals surface area contributed by atoms with Crippen molar-refractivity contribution >= 4 is 38.5 Å². The van der Waals surface area contributed by atoms with Crippen molar-refractivity contribution in [1.29, 1.82) is 0 Å². The fraction of sp³-hybridized carbons (Fsp3) is 0.176. The van der Waals surface area contributed by atoms with E-state index in [-0.39, 0.29) is 10.6 Å². The van der Waals surface area contributed by atoms with Crippen LogP contribution in [-0.2, 0) is 6.42 Å². The van der Waals surface area contributed by atoms with Gasteiger partial charge < -0.3 is 4.42 Å². The molecule has 1 aromatic heterocycles. The average Bonchev–Trinajstić information content (AvgIpc) is 2.86. The molecule has 4 heteroatoms. The van der Waals surface area contributed by atoms with Crippen LogP contribution in [0.1, 0.15) is 21.7 Å². The lowest BCUT2D eigenvalue weighted by Crippen LogP contribution is -1.98. The number of rotatable bonds is 3. The Morgan fingerprint density at radius 2 is 2.05 bits per heavy atom. The summed E-state index contributed by atoms with van der Waals surface area (Å²) < 4.78 is 19.7. The van der Waals surface area contributed by atoms with Gasteiger partial charge in [-0.1, -0.05) is 45.2 Å². The second kappa shape index (κ2) is 5.82. The zero-order valence-electron chi connectivity index (χ0n) is 11.4. The maximum Gasteiger partial charge on any atom is 0.134 e. The molecule has 0 spiro atoms. The SMILES string of the molecule is Cc1ccc2oc(C(Br)Cc3c(F)cccc3Cl)cc2c1. The molecule has 0 saturated heterocycles. The summed E-state index contributed by atoms with van der Waals surface area (Å²) in [5.41, 5.74) is 2.51. The normalized spacial score (nSPS) is 12.8. The highest BCUT2D eigenvalue weighted by molar-refractivity contribution is 9.09. The third-order valence-electron chi connectivity index (χ3n) is 3.44. The van der Waals surface area contributed by atoms with Crippen LogP contribution in [0.25, 0.3) is 11.0 Å². The molecule has 1 unspecified atom stereocenters. The Bertz CT molecular complexity index is 776. The number of fused-ring (bicyclic) bond motifs is 1. The molecule has 3 rings (SSSR count). The molecule has 0 saturated carbocycles. The molecule has 0 fully saturated rings. The van der Waals surface area contributed by atoms with Crippen molar-refractivity contribution in [2.45, 2.75) is 18.2 Å². The minimum atomic E-state index is -0.293. The lowest BCUT2D eigenvalue weighted by molar-refractivity contribution is 0.539. The summed E-state index contributed by atoms with van der Waals surface area (Å²) in [6, 6.07) is 12.7. The highest BCUT2D eigenvalue weighted by atomic mass is 79.9. The van der Waals surface area contributed by atoms with E-state index in [0.717, 1.165) is 16.7 Å². The Balaban J connectivity index is 1.91. The predicted molar refractivity (Wildman–Crippen MR) is 87.7 cm³/mol. The van der Waals surface area contributed by atoms with Gasteiger partial charge in [0.2, 0.25) is 0 Å². The highest BCUT2D eigenvalue weighted by Crippen LogP contribution is 2.34. The molecular weight excluding hydrogens is 355 g/mol. The molecule has 2 aromatic carbocycles. The number of halogens is 3. The third kappa shape index (κ3) is 2.99. The fourth-order valence-corrected chi connectivity index (χ4v) is 3.13. The van der Waals surface area contributed by atoms with Gasteiger partial charge in [0.15, 0.2) is 0 Å². The summed E-state index contributed by atoms with van der Waals surface area (Å²) in [5, 5.41) is 1.49. The van der Waals surface area contributed by atoms with Gasteiger partial charge in [0, 0.05) is 16.0 Å². The average molecular weight is 368 g/mol. The van der Waals surface area contributed by atoms with E-state index in [9.17, 15) is 4.39 Å². The number of benzene rings is 2. The minimum Gasteiger partial charge on any atom is -0.460 e. The standard InChI is InChI=1S/C17H13BrClFO/c1-10-5-6-16-11(7-10)8-17(21-16)13(18)9-12-14(19)3-2-4-15(12)20/h2-8,13H,9H2,1H3. The second-order valence-corrected chi connectivity index (χ2v) is 6.57. The maximum atomic E-state index is 13.8. The van der Waals surface area contributed by atoms with Gasteiger partial charge in [0.05, 0.1) is 4.83 Å². The largest absolute Gasteiger partial charge is 0.460 e. The highest BCUT2D eigenvalue weighted by Gasteiger charge is 2.17. The zero-order chi connectivity index (χ0) is 15.0. The maximum absolute atomic E-state index is 13.8. The van der Waals surface area contributed by atoms with Gasteiger partial charge in [-0.2, -0.15) is 0 Å². The number of aryl methyl sites for hydroxylation is 1. The summed E-state index contributed by atoms with van der Waals surface area (Å²) in [6.07, 6.45) is 0.435. The van der Waals surface area contributed by atoms with E-state index in [1.54, 1.807) is 12.1 Å². The van der Waals surface area contributed by atoms with Crippen LogP contribution in [0.5, 0.6) is 0 Å². The first kappa shape index (κ1) is 14.6. The Hall–Kier alpha value is -1.32. The molecule has 21 heavy (non-hydrogen) atoms. The number of hydrogen-bond donors (Lipinski definition) is 0. The van der Waals surface area contributed by atoms with Crippen LogP contribution < -0.4 is 0 Å². The molecule has 1 atom stereocenters. The summed E-state index contributed by atoms with van der Waals surface area (Å²) in [6.45, 7) is 2.04. The topological polar surface area (TPSA) is 13.1 Å². The lowest BCUT2D eigenvalue weighted by atomic mass is 10.1. The lowest BCUT2D eigenvalue weighted by Gasteiger charge is -2.09. The molecule has 0 aliphatic rings. The summed E-state index contributed by atoms with van der Waals surface area (Å²) >= 11 is 9.64. The van der Waals surface area contributed by atoms with Crippen molar-refractivity contribution in [3.63, 3.8) is 0 Å². The van der Waals surface area contributed by atoms with E-state index in [2.05, 4.69) is 22.0 Å². The molecule has 0 radical (unpaired) electrons. The van der Waals surface area contributed by atoms with Crippen LogP contribution in [0, 0.1) is 12.7 Å². The number of furan rings is 1. The van der Waals surface area contributed by atoms with Crippen LogP contribution in [0.2, 0.25) is 5.02 Å². The van der Waals surface area contributed by atoms with E-state index in [0.29, 0.717) is 17.0 Å². The Kier molecular flexibility index (Phi) is 4.05. The van der Waals surface area contributed by atoms with Gasteiger partial charge >= 0.3 is 0 Å². The first-order valence-electron chi connectivity index (χ1n) is 6.61. The van der Waals surface area contributed by atoms with Crippen LogP contribution in [0.15, 0.2) is 46.9 Å². The van der Waals surface area contributed by atoms with Crippen LogP contribution in [0.4, 0.5) is 4.39 Å². The quantitative estimate of drug-likeness (QED) is 0.501. The van der Waals surface area contributed by atoms with Crippen LogP contribution >= 0.6 is 27.5 Å². The van der Waals surface area contributed by atoms with E-state index in [1.165, 1.54) is 11.6 Å². The minimum absolute atomic E-state index is 0.125. The first-order valence-corrected chi connectivity index (χ1v) is 7.91. The van der Waals surface area contributed by atoms with E-state index < -0.39 is 0 Å². The van der Waals surface area contributed by atoms with Crippen molar-refractivity contribution in [2.24, 2.45) is 0 Å². The van der Waals surface area contributed by atoms with Crippen LogP contribution in [-0.4, -0.2) is 0 Å². The number of alkyl halides is 1. The van der Waals surface area contributed by atoms with Crippen LogP contribution in [0.3, 0.4) is 0 Å².